The maximum atomic E-state index is 5.82. The number of hydrogen-bond acceptors (Lipinski definition) is 5. The number of aryl methyl sites for hydroxylation is 1. The summed E-state index contributed by atoms with van der Waals surface area (Å²) >= 11 is 11.6. The topological polar surface area (TPSA) is 69.4 Å². The Morgan fingerprint density at radius 2 is 1.86 bits per heavy atom. The molecule has 2 aromatic rings. The fourth-order valence-corrected chi connectivity index (χ4v) is 1.40. The summed E-state index contributed by atoms with van der Waals surface area (Å²) < 4.78 is 0. The van der Waals surface area contributed by atoms with Crippen LogP contribution in [0.4, 0.5) is 0 Å². The Morgan fingerprint density at radius 1 is 1.21 bits per heavy atom. The molecule has 0 unspecified atom stereocenters. The summed E-state index contributed by atoms with van der Waals surface area (Å²) in [5.41, 5.74) is 0.393. The van der Waals surface area contributed by atoms with Gasteiger partial charge in [-0.2, -0.15) is 4.80 Å². The lowest BCUT2D eigenvalue weighted by molar-refractivity contribution is 0.630. The van der Waals surface area contributed by atoms with Gasteiger partial charge in [-0.1, -0.05) is 23.2 Å². The first-order valence-electron chi connectivity index (χ1n) is 3.59. The van der Waals surface area contributed by atoms with Crippen molar-refractivity contribution in [2.75, 3.05) is 0 Å². The molecule has 0 fully saturated rings. The third-order valence-electron chi connectivity index (χ3n) is 1.49. The Morgan fingerprint density at radius 3 is 2.36 bits per heavy atom. The molecule has 0 saturated carbocycles. The van der Waals surface area contributed by atoms with E-state index < -0.39 is 0 Å². The highest BCUT2D eigenvalue weighted by Gasteiger charge is 2.15. The third kappa shape index (κ3) is 1.53. The normalized spacial score (nSPS) is 10.5. The Hall–Kier alpha value is -1.27. The van der Waals surface area contributed by atoms with E-state index in [0.29, 0.717) is 11.4 Å². The summed E-state index contributed by atoms with van der Waals surface area (Å²) in [5, 5.41) is 11.8. The van der Waals surface area contributed by atoms with E-state index in [9.17, 15) is 0 Å². The number of hydrogen-bond donors (Lipinski definition) is 0. The average molecular weight is 231 g/mol. The molecule has 0 radical (unpaired) electrons. The molecule has 0 aliphatic carbocycles. The van der Waals surface area contributed by atoms with Gasteiger partial charge in [-0.05, 0) is 5.21 Å². The van der Waals surface area contributed by atoms with Crippen molar-refractivity contribution in [3.63, 3.8) is 0 Å². The van der Waals surface area contributed by atoms with Crippen LogP contribution in [0.1, 0.15) is 0 Å². The highest BCUT2D eigenvalue weighted by Crippen LogP contribution is 2.27. The van der Waals surface area contributed by atoms with Gasteiger partial charge in [0.2, 0.25) is 5.82 Å². The van der Waals surface area contributed by atoms with E-state index >= 15 is 0 Å². The fourth-order valence-electron chi connectivity index (χ4n) is 0.913. The monoisotopic (exact) mass is 230 g/mol. The number of tetrazole rings is 1. The van der Waals surface area contributed by atoms with E-state index in [-0.39, 0.29) is 10.3 Å². The first-order chi connectivity index (χ1) is 6.68. The van der Waals surface area contributed by atoms with Crippen LogP contribution in [0.2, 0.25) is 10.3 Å². The van der Waals surface area contributed by atoms with Gasteiger partial charge in [0.1, 0.15) is 16.6 Å². The summed E-state index contributed by atoms with van der Waals surface area (Å²) in [4.78, 5) is 8.86. The van der Waals surface area contributed by atoms with Crippen LogP contribution in [0.25, 0.3) is 11.4 Å². The molecule has 8 heteroatoms. The zero-order valence-electron chi connectivity index (χ0n) is 7.02. The standard InChI is InChI=1S/C6H4Cl2N6/c1-14-12-6(11-13-14)3-4(7)9-2-10-5(3)8/h2H,1H3. The minimum absolute atomic E-state index is 0.206. The summed E-state index contributed by atoms with van der Waals surface area (Å²) in [7, 11) is 1.64. The van der Waals surface area contributed by atoms with Gasteiger partial charge < -0.3 is 0 Å². The Labute approximate surface area is 88.9 Å². The number of nitrogens with zero attached hydrogens (tertiary/aromatic N) is 6. The summed E-state index contributed by atoms with van der Waals surface area (Å²) in [6.45, 7) is 0. The van der Waals surface area contributed by atoms with Crippen LogP contribution in [-0.4, -0.2) is 30.2 Å². The summed E-state index contributed by atoms with van der Waals surface area (Å²) in [6, 6.07) is 0. The van der Waals surface area contributed by atoms with Gasteiger partial charge in [0, 0.05) is 0 Å². The lowest BCUT2D eigenvalue weighted by Crippen LogP contribution is -1.93. The zero-order valence-corrected chi connectivity index (χ0v) is 8.53. The van der Waals surface area contributed by atoms with Crippen LogP contribution < -0.4 is 0 Å². The largest absolute Gasteiger partial charge is 0.224 e. The Kier molecular flexibility index (Phi) is 2.30. The van der Waals surface area contributed by atoms with Crippen LogP contribution in [0.5, 0.6) is 0 Å². The van der Waals surface area contributed by atoms with Crippen molar-refractivity contribution < 1.29 is 0 Å². The van der Waals surface area contributed by atoms with Gasteiger partial charge in [0.25, 0.3) is 0 Å². The molecule has 0 atom stereocenters. The van der Waals surface area contributed by atoms with E-state index in [1.165, 1.54) is 11.1 Å². The highest BCUT2D eigenvalue weighted by molar-refractivity contribution is 6.37. The van der Waals surface area contributed by atoms with Crippen molar-refractivity contribution in [3.05, 3.63) is 16.6 Å². The molecule has 0 amide bonds. The maximum Gasteiger partial charge on any atom is 0.211 e. The molecular weight excluding hydrogens is 227 g/mol. The van der Waals surface area contributed by atoms with Crippen molar-refractivity contribution in [1.82, 2.24) is 30.2 Å². The fraction of sp³-hybridized carbons (Fsp3) is 0.167. The van der Waals surface area contributed by atoms with Crippen LogP contribution in [-0.2, 0) is 7.05 Å². The van der Waals surface area contributed by atoms with Crippen molar-refractivity contribution in [2.45, 2.75) is 0 Å². The van der Waals surface area contributed by atoms with Crippen LogP contribution in [0.15, 0.2) is 6.33 Å². The Balaban J connectivity index is 2.61. The molecule has 0 aromatic carbocycles. The minimum atomic E-state index is 0.206. The molecule has 0 spiro atoms. The molecule has 2 rings (SSSR count). The predicted molar refractivity (Wildman–Crippen MR) is 49.8 cm³/mol. The number of rotatable bonds is 1. The van der Waals surface area contributed by atoms with Crippen molar-refractivity contribution >= 4 is 23.2 Å². The lowest BCUT2D eigenvalue weighted by atomic mass is 10.3. The van der Waals surface area contributed by atoms with Crippen LogP contribution >= 0.6 is 23.2 Å². The van der Waals surface area contributed by atoms with E-state index in [1.807, 2.05) is 0 Å². The summed E-state index contributed by atoms with van der Waals surface area (Å²) in [5.74, 6) is 0.308. The maximum absolute atomic E-state index is 5.82. The van der Waals surface area contributed by atoms with Gasteiger partial charge in [-0.25, -0.2) is 9.97 Å². The zero-order chi connectivity index (χ0) is 10.1. The molecular formula is C6H4Cl2N6. The molecule has 6 nitrogen and oxygen atoms in total. The summed E-state index contributed by atoms with van der Waals surface area (Å²) in [6.07, 6.45) is 1.27. The smallest absolute Gasteiger partial charge is 0.211 e. The van der Waals surface area contributed by atoms with Crippen LogP contribution in [0.3, 0.4) is 0 Å². The predicted octanol–water partition coefficient (Wildman–Crippen LogP) is 0.974. The molecule has 72 valence electrons. The van der Waals surface area contributed by atoms with Crippen molar-refractivity contribution in [3.8, 4) is 11.4 Å². The highest BCUT2D eigenvalue weighted by atomic mass is 35.5. The second kappa shape index (κ2) is 3.47. The van der Waals surface area contributed by atoms with E-state index in [1.54, 1.807) is 7.05 Å². The van der Waals surface area contributed by atoms with E-state index in [4.69, 9.17) is 23.2 Å². The van der Waals surface area contributed by atoms with Gasteiger partial charge in [0.15, 0.2) is 0 Å². The van der Waals surface area contributed by atoms with E-state index in [2.05, 4.69) is 25.4 Å². The molecule has 2 aromatic heterocycles. The molecule has 0 N–H and O–H groups in total. The molecule has 2 heterocycles. The SMILES string of the molecule is Cn1nnc(-c2c(Cl)ncnc2Cl)n1. The van der Waals surface area contributed by atoms with Crippen molar-refractivity contribution in [2.24, 2.45) is 7.05 Å². The number of aromatic nitrogens is 6. The molecule has 0 aliphatic heterocycles. The Bertz CT molecular complexity index is 447. The molecule has 14 heavy (non-hydrogen) atoms. The van der Waals surface area contributed by atoms with E-state index in [0.717, 1.165) is 0 Å². The molecule has 0 bridgehead atoms. The van der Waals surface area contributed by atoms with Gasteiger partial charge in [-0.3, -0.25) is 0 Å². The van der Waals surface area contributed by atoms with Gasteiger partial charge in [-0.15, -0.1) is 10.2 Å². The van der Waals surface area contributed by atoms with Crippen molar-refractivity contribution in [1.29, 1.82) is 0 Å². The average Bonchev–Trinajstić information content (AvgIpc) is 2.51. The second-order valence-electron chi connectivity index (χ2n) is 2.43. The number of halogens is 2. The first kappa shape index (κ1) is 9.29. The van der Waals surface area contributed by atoms with Gasteiger partial charge in [0.05, 0.1) is 12.6 Å². The molecule has 0 aliphatic rings. The quantitative estimate of drug-likeness (QED) is 0.684. The second-order valence-corrected chi connectivity index (χ2v) is 3.15. The first-order valence-corrected chi connectivity index (χ1v) is 4.34. The van der Waals surface area contributed by atoms with Crippen LogP contribution in [0, 0.1) is 0 Å². The minimum Gasteiger partial charge on any atom is -0.224 e. The molecule has 0 saturated heterocycles. The third-order valence-corrected chi connectivity index (χ3v) is 2.06. The van der Waals surface area contributed by atoms with Gasteiger partial charge >= 0.3 is 0 Å². The lowest BCUT2D eigenvalue weighted by Gasteiger charge is -1.98.